The van der Waals surface area contributed by atoms with E-state index in [1.807, 2.05) is 37.3 Å². The van der Waals surface area contributed by atoms with Gasteiger partial charge in [0.1, 0.15) is 12.1 Å². The van der Waals surface area contributed by atoms with Crippen LogP contribution < -0.4 is 11.1 Å². The maximum atomic E-state index is 14.0. The minimum atomic E-state index is -3.70. The first kappa shape index (κ1) is 23.8. The number of urea groups is 1. The molecule has 3 amide bonds. The summed E-state index contributed by atoms with van der Waals surface area (Å²) in [4.78, 5) is 26.6. The van der Waals surface area contributed by atoms with Crippen molar-refractivity contribution in [1.82, 2.24) is 9.62 Å². The first-order valence-electron chi connectivity index (χ1n) is 11.1. The second-order valence-corrected chi connectivity index (χ2v) is 10.9. The molecule has 3 rings (SSSR count). The Morgan fingerprint density at radius 2 is 1.84 bits per heavy atom. The molecule has 0 aliphatic carbocycles. The Morgan fingerprint density at radius 3 is 2.35 bits per heavy atom. The quantitative estimate of drug-likeness (QED) is 0.610. The first-order valence-corrected chi connectivity index (χ1v) is 12.9. The molecule has 31 heavy (non-hydrogen) atoms. The normalized spacial score (nSPS) is 26.1. The van der Waals surface area contributed by atoms with Gasteiger partial charge in [-0.2, -0.15) is 8.79 Å². The van der Waals surface area contributed by atoms with E-state index in [0.29, 0.717) is 19.4 Å². The summed E-state index contributed by atoms with van der Waals surface area (Å²) in [5.74, 6) is -0.235. The summed E-state index contributed by atoms with van der Waals surface area (Å²) in [5.41, 5.74) is 6.64. The highest BCUT2D eigenvalue weighted by atomic mass is 32.2. The largest absolute Gasteiger partial charge is 0.421 e. The smallest absolute Gasteiger partial charge is 0.318 e. The van der Waals surface area contributed by atoms with Crippen LogP contribution >= 0.6 is 0 Å². The number of carbonyl (C=O) groups is 2. The number of hydrogen-bond donors (Lipinski definition) is 2. The maximum Gasteiger partial charge on any atom is 0.421 e. The second-order valence-electron chi connectivity index (χ2n) is 8.99. The number of piperidine rings is 1. The van der Waals surface area contributed by atoms with Crippen LogP contribution in [0.5, 0.6) is 0 Å². The molecule has 1 aromatic carbocycles. The molecule has 3 N–H and O–H groups in total. The lowest BCUT2D eigenvalue weighted by Gasteiger charge is -2.38. The van der Waals surface area contributed by atoms with Crippen molar-refractivity contribution >= 4 is 22.0 Å². The van der Waals surface area contributed by atoms with Crippen molar-refractivity contribution in [2.45, 2.75) is 51.1 Å². The maximum absolute atomic E-state index is 14.0. The van der Waals surface area contributed by atoms with Crippen molar-refractivity contribution in [1.29, 1.82) is 0 Å². The lowest BCUT2D eigenvalue weighted by atomic mass is 9.96. The molecule has 2 aliphatic heterocycles. The van der Waals surface area contributed by atoms with Crippen LogP contribution in [-0.4, -0.2) is 73.7 Å². The number of quaternary nitrogens is 1. The zero-order valence-corrected chi connectivity index (χ0v) is 19.3. The molecule has 9 heteroatoms. The van der Waals surface area contributed by atoms with Crippen molar-refractivity contribution in [2.75, 3.05) is 32.4 Å². The van der Waals surface area contributed by atoms with Crippen LogP contribution in [0, 0.1) is 5.92 Å². The van der Waals surface area contributed by atoms with E-state index in [2.05, 4.69) is 5.32 Å². The minimum Gasteiger partial charge on any atom is -0.318 e. The Hall–Kier alpha value is -1.81. The van der Waals surface area contributed by atoms with E-state index in [4.69, 9.17) is 5.73 Å². The van der Waals surface area contributed by atoms with Gasteiger partial charge in [-0.05, 0) is 44.3 Å². The average Bonchev–Trinajstić information content (AvgIpc) is 3.13. The van der Waals surface area contributed by atoms with E-state index in [1.165, 1.54) is 4.31 Å². The number of nitrogens with zero attached hydrogens (tertiary/aromatic N) is 2. The van der Waals surface area contributed by atoms with Crippen LogP contribution in [0.2, 0.25) is 0 Å². The molecule has 2 fully saturated rings. The van der Waals surface area contributed by atoms with Gasteiger partial charge in [0.2, 0.25) is 10.0 Å². The lowest BCUT2D eigenvalue weighted by Crippen LogP contribution is -2.67. The highest BCUT2D eigenvalue weighted by Crippen LogP contribution is 2.31. The molecule has 0 saturated carbocycles. The Labute approximate surface area is 185 Å². The van der Waals surface area contributed by atoms with Crippen LogP contribution in [0.3, 0.4) is 0 Å². The van der Waals surface area contributed by atoms with Gasteiger partial charge in [-0.1, -0.05) is 30.3 Å². The van der Waals surface area contributed by atoms with Crippen LogP contribution in [0.1, 0.15) is 38.2 Å². The fourth-order valence-electron chi connectivity index (χ4n) is 5.07. The lowest BCUT2D eigenvalue weighted by molar-refractivity contribution is -0.784. The monoisotopic (exact) mass is 451 g/mol. The fraction of sp³-hybridized carbons (Fsp3) is 0.636. The molecule has 0 spiro atoms. The molecule has 172 valence electrons. The van der Waals surface area contributed by atoms with E-state index in [9.17, 15) is 18.0 Å². The molecule has 1 aromatic rings. The van der Waals surface area contributed by atoms with Gasteiger partial charge in [-0.25, -0.2) is 18.0 Å². The number of rotatable bonds is 7. The van der Waals surface area contributed by atoms with Crippen molar-refractivity contribution in [2.24, 2.45) is 11.7 Å². The van der Waals surface area contributed by atoms with Gasteiger partial charge in [-0.3, -0.25) is 0 Å². The zero-order valence-electron chi connectivity index (χ0n) is 18.5. The van der Waals surface area contributed by atoms with Gasteiger partial charge < -0.3 is 11.1 Å². The van der Waals surface area contributed by atoms with Crippen molar-refractivity contribution in [3.05, 3.63) is 35.9 Å². The van der Waals surface area contributed by atoms with Gasteiger partial charge in [0.05, 0.1) is 12.8 Å². The third-order valence-electron chi connectivity index (χ3n) is 6.90. The first-order chi connectivity index (χ1) is 14.7. The third-order valence-corrected chi connectivity index (χ3v) is 8.15. The molecule has 0 radical (unpaired) electrons. The second kappa shape index (κ2) is 9.77. The van der Waals surface area contributed by atoms with Crippen molar-refractivity contribution in [3.63, 3.8) is 0 Å². The Morgan fingerprint density at radius 1 is 1.19 bits per heavy atom. The van der Waals surface area contributed by atoms with Crippen molar-refractivity contribution < 1.29 is 22.5 Å². The number of carbonyl (C=O) groups excluding carboxylic acids is 2. The third kappa shape index (κ3) is 5.16. The number of nitrogens with two attached hydrogens (primary N) is 1. The van der Waals surface area contributed by atoms with Crippen molar-refractivity contribution in [3.8, 4) is 0 Å². The molecule has 2 heterocycles. The summed E-state index contributed by atoms with van der Waals surface area (Å²) >= 11 is 0. The van der Waals surface area contributed by atoms with Gasteiger partial charge in [0.15, 0.2) is 0 Å². The number of primary amides is 1. The van der Waals surface area contributed by atoms with Gasteiger partial charge in [0, 0.05) is 25.8 Å². The highest BCUT2D eigenvalue weighted by molar-refractivity contribution is 7.88. The topological polar surface area (TPSA) is 110 Å². The molecule has 0 bridgehead atoms. The SMILES string of the molecule is C[C@@H]1CCC[N+]1(C(N)=O)C(=O)[C@@H](Cc1ccccc1)N(CC1CCNCC1)S(C)(=O)=O. The van der Waals surface area contributed by atoms with Gasteiger partial charge in [0.25, 0.3) is 0 Å². The molecule has 0 aromatic heterocycles. The highest BCUT2D eigenvalue weighted by Gasteiger charge is 2.55. The number of amides is 3. The number of benzene rings is 1. The molecule has 2 saturated heterocycles. The van der Waals surface area contributed by atoms with Crippen LogP contribution in [0.25, 0.3) is 0 Å². The number of sulfonamides is 1. The van der Waals surface area contributed by atoms with E-state index in [-0.39, 0.29) is 24.9 Å². The standard InChI is InChI=1S/C22H34N4O4S/c1-17-7-6-14-26(17,22(23)28)21(27)20(15-18-8-4-3-5-9-18)25(31(2,29)30)16-19-10-12-24-13-11-19/h3-5,8-9,17,19-20,24H,6-7,10-16H2,1-2H3,(H-,23,28)/p+1/t17-,20-,26?/m1/s1. The van der Waals surface area contributed by atoms with Crippen LogP contribution in [0.15, 0.2) is 30.3 Å². The van der Waals surface area contributed by atoms with Crippen LogP contribution in [0.4, 0.5) is 4.79 Å². The van der Waals surface area contributed by atoms with Gasteiger partial charge >= 0.3 is 11.9 Å². The summed E-state index contributed by atoms with van der Waals surface area (Å²) in [6.07, 6.45) is 4.50. The molecule has 3 atom stereocenters. The predicted octanol–water partition coefficient (Wildman–Crippen LogP) is 1.46. The Balaban J connectivity index is 2.02. The predicted molar refractivity (Wildman–Crippen MR) is 119 cm³/mol. The number of likely N-dealkylation sites (tertiary alicyclic amines) is 1. The van der Waals surface area contributed by atoms with Gasteiger partial charge in [-0.15, -0.1) is 0 Å². The zero-order chi connectivity index (χ0) is 22.6. The molecular formula is C22H35N4O4S+. The fourth-order valence-corrected chi connectivity index (χ4v) is 6.18. The van der Waals surface area contributed by atoms with E-state index < -0.39 is 32.5 Å². The summed E-state index contributed by atoms with van der Waals surface area (Å²) in [6.45, 7) is 4.12. The van der Waals surface area contributed by atoms with Crippen LogP contribution in [-0.2, 0) is 21.2 Å². The van der Waals surface area contributed by atoms with E-state index in [0.717, 1.165) is 37.8 Å². The summed E-state index contributed by atoms with van der Waals surface area (Å²) in [5, 5.41) is 3.29. The summed E-state index contributed by atoms with van der Waals surface area (Å²) in [7, 11) is -3.70. The Bertz CT molecular complexity index is 886. The number of hydrogen-bond acceptors (Lipinski definition) is 5. The summed E-state index contributed by atoms with van der Waals surface area (Å²) in [6, 6.07) is 7.45. The Kier molecular flexibility index (Phi) is 7.51. The summed E-state index contributed by atoms with van der Waals surface area (Å²) < 4.78 is 26.8. The average molecular weight is 452 g/mol. The molecule has 2 aliphatic rings. The number of nitrogens with one attached hydrogen (secondary N) is 1. The molecular weight excluding hydrogens is 416 g/mol. The van der Waals surface area contributed by atoms with E-state index >= 15 is 0 Å². The minimum absolute atomic E-state index is 0.167. The molecule has 8 nitrogen and oxygen atoms in total. The molecule has 1 unspecified atom stereocenters. The number of imide groups is 1. The van der Waals surface area contributed by atoms with E-state index in [1.54, 1.807) is 0 Å².